The fraction of sp³-hybridized carbons (Fsp3) is 0.600. The quantitative estimate of drug-likeness (QED) is 0.746. The average Bonchev–Trinajstić information content (AvgIpc) is 2.90. The molecule has 2 N–H and O–H groups in total. The molecule has 2 rings (SSSR count). The highest BCUT2D eigenvalue weighted by molar-refractivity contribution is 5.85. The topological polar surface area (TPSA) is 108 Å². The average molecular weight is 373 g/mol. The Morgan fingerprint density at radius 3 is 2.48 bits per heavy atom. The molecule has 0 unspecified atom stereocenters. The third-order valence-corrected chi connectivity index (χ3v) is 4.14. The highest BCUT2D eigenvalue weighted by Crippen LogP contribution is 2.14. The van der Waals surface area contributed by atoms with Crippen molar-refractivity contribution in [3.05, 3.63) is 27.2 Å². The summed E-state index contributed by atoms with van der Waals surface area (Å²) in [5, 5.41) is 0. The van der Waals surface area contributed by atoms with Crippen LogP contribution in [-0.4, -0.2) is 49.6 Å². The number of halogens is 1. The lowest BCUT2D eigenvalue weighted by Crippen LogP contribution is -2.46. The van der Waals surface area contributed by atoms with E-state index in [0.717, 1.165) is 4.57 Å². The van der Waals surface area contributed by atoms with Gasteiger partial charge in [-0.05, 0) is 12.0 Å². The van der Waals surface area contributed by atoms with Gasteiger partial charge in [-0.2, -0.15) is 0 Å². The van der Waals surface area contributed by atoms with E-state index in [1.165, 1.54) is 22.8 Å². The summed E-state index contributed by atoms with van der Waals surface area (Å²) in [6, 6.07) is 0. The molecule has 0 aromatic carbocycles. The lowest BCUT2D eigenvalue weighted by Gasteiger charge is -2.29. The molecule has 10 heteroatoms. The van der Waals surface area contributed by atoms with Crippen molar-refractivity contribution in [2.24, 2.45) is 25.2 Å². The first kappa shape index (κ1) is 20.9. The highest BCUT2D eigenvalue weighted by atomic mass is 35.5. The Balaban J connectivity index is 0.00000312. The number of aromatic nitrogens is 4. The van der Waals surface area contributed by atoms with Gasteiger partial charge in [-0.1, -0.05) is 13.8 Å². The predicted molar refractivity (Wildman–Crippen MR) is 97.9 cm³/mol. The number of carbonyl (C=O) groups is 1. The summed E-state index contributed by atoms with van der Waals surface area (Å²) in [4.78, 5) is 43.0. The summed E-state index contributed by atoms with van der Waals surface area (Å²) in [7, 11) is 4.83. The van der Waals surface area contributed by atoms with Gasteiger partial charge in [0.15, 0.2) is 11.2 Å². The molecule has 0 radical (unpaired) electrons. The lowest BCUT2D eigenvalue weighted by molar-refractivity contribution is -0.131. The number of rotatable bonds is 5. The van der Waals surface area contributed by atoms with Crippen LogP contribution >= 0.6 is 12.4 Å². The van der Waals surface area contributed by atoms with Gasteiger partial charge in [0.1, 0.15) is 6.54 Å². The van der Waals surface area contributed by atoms with E-state index in [-0.39, 0.29) is 35.8 Å². The zero-order valence-corrected chi connectivity index (χ0v) is 16.0. The molecule has 0 aliphatic rings. The van der Waals surface area contributed by atoms with Gasteiger partial charge in [-0.15, -0.1) is 12.4 Å². The van der Waals surface area contributed by atoms with E-state index in [2.05, 4.69) is 4.98 Å². The van der Waals surface area contributed by atoms with E-state index in [1.54, 1.807) is 18.7 Å². The number of imidazole rings is 1. The second kappa shape index (κ2) is 7.40. The van der Waals surface area contributed by atoms with Gasteiger partial charge in [-0.25, -0.2) is 14.3 Å². The molecule has 0 spiro atoms. The smallest absolute Gasteiger partial charge is 0.332 e. The van der Waals surface area contributed by atoms with Crippen LogP contribution in [0, 0.1) is 5.41 Å². The summed E-state index contributed by atoms with van der Waals surface area (Å²) in [6.07, 6.45) is 1.47. The summed E-state index contributed by atoms with van der Waals surface area (Å²) in [5.74, 6) is -0.322. The van der Waals surface area contributed by atoms with Crippen LogP contribution in [0.1, 0.15) is 13.8 Å². The van der Waals surface area contributed by atoms with Gasteiger partial charge in [0.05, 0.1) is 6.33 Å². The van der Waals surface area contributed by atoms with Gasteiger partial charge in [0.25, 0.3) is 5.56 Å². The van der Waals surface area contributed by atoms with Crippen molar-refractivity contribution < 1.29 is 4.79 Å². The van der Waals surface area contributed by atoms with Gasteiger partial charge in [-0.3, -0.25) is 14.2 Å². The summed E-state index contributed by atoms with van der Waals surface area (Å²) in [5.41, 5.74) is 4.94. The lowest BCUT2D eigenvalue weighted by atomic mass is 9.93. The zero-order valence-electron chi connectivity index (χ0n) is 15.1. The Labute approximate surface area is 151 Å². The maximum atomic E-state index is 12.6. The molecule has 0 aliphatic heterocycles. The van der Waals surface area contributed by atoms with Crippen molar-refractivity contribution in [2.75, 3.05) is 20.1 Å². The first-order valence-corrected chi connectivity index (χ1v) is 7.64. The van der Waals surface area contributed by atoms with E-state index in [4.69, 9.17) is 5.73 Å². The largest absolute Gasteiger partial charge is 0.344 e. The summed E-state index contributed by atoms with van der Waals surface area (Å²) >= 11 is 0. The Kier molecular flexibility index (Phi) is 6.19. The number of likely N-dealkylation sites (N-methyl/N-ethyl adjacent to an activating group) is 1. The number of carbonyl (C=O) groups excluding carboxylic acids is 1. The van der Waals surface area contributed by atoms with E-state index in [0.29, 0.717) is 18.7 Å². The van der Waals surface area contributed by atoms with Crippen LogP contribution in [0.5, 0.6) is 0 Å². The van der Waals surface area contributed by atoms with Gasteiger partial charge in [0.2, 0.25) is 5.91 Å². The van der Waals surface area contributed by atoms with Gasteiger partial charge in [0, 0.05) is 27.7 Å². The third kappa shape index (κ3) is 3.93. The van der Waals surface area contributed by atoms with Crippen molar-refractivity contribution in [1.82, 2.24) is 23.6 Å². The van der Waals surface area contributed by atoms with Crippen molar-refractivity contribution in [3.63, 3.8) is 0 Å². The minimum absolute atomic E-state index is 0. The molecule has 0 bridgehead atoms. The van der Waals surface area contributed by atoms with Crippen LogP contribution in [0.25, 0.3) is 11.2 Å². The number of aryl methyl sites for hydroxylation is 2. The normalized spacial score (nSPS) is 11.4. The van der Waals surface area contributed by atoms with Crippen LogP contribution in [0.4, 0.5) is 0 Å². The van der Waals surface area contributed by atoms with E-state index in [9.17, 15) is 14.4 Å². The Bertz CT molecular complexity index is 895. The Morgan fingerprint density at radius 2 is 1.92 bits per heavy atom. The zero-order chi connectivity index (χ0) is 18.2. The molecule has 2 heterocycles. The molecule has 0 saturated heterocycles. The van der Waals surface area contributed by atoms with Crippen LogP contribution in [0.15, 0.2) is 15.9 Å². The molecule has 1 amide bonds. The summed E-state index contributed by atoms with van der Waals surface area (Å²) in [6.45, 7) is 4.44. The van der Waals surface area contributed by atoms with Crippen molar-refractivity contribution >= 4 is 29.5 Å². The summed E-state index contributed by atoms with van der Waals surface area (Å²) < 4.78 is 3.76. The number of nitrogens with zero attached hydrogens (tertiary/aromatic N) is 5. The molecular weight excluding hydrogens is 348 g/mol. The molecule has 140 valence electrons. The molecule has 0 saturated carbocycles. The fourth-order valence-electron chi connectivity index (χ4n) is 2.59. The van der Waals surface area contributed by atoms with E-state index >= 15 is 0 Å². The number of nitrogens with two attached hydrogens (primary N) is 1. The standard InChI is InChI=1S/C15H24N6O3.ClH/c1-15(2,7-16)8-18(3)10(22)6-21-13(23)11-12(17-9-19(11)4)20(5)14(21)24;/h9H,6-8,16H2,1-5H3;1H. The molecule has 0 atom stereocenters. The first-order chi connectivity index (χ1) is 11.1. The molecular formula is C15H25ClN6O3. The number of amides is 1. The molecule has 2 aromatic heterocycles. The van der Waals surface area contributed by atoms with Crippen molar-refractivity contribution in [2.45, 2.75) is 20.4 Å². The Hall–Kier alpha value is -2.13. The van der Waals surface area contributed by atoms with Gasteiger partial charge >= 0.3 is 5.69 Å². The monoisotopic (exact) mass is 372 g/mol. The third-order valence-electron chi connectivity index (χ3n) is 4.14. The molecule has 0 fully saturated rings. The molecule has 2 aromatic rings. The van der Waals surface area contributed by atoms with Crippen LogP contribution in [0.3, 0.4) is 0 Å². The maximum Gasteiger partial charge on any atom is 0.332 e. The maximum absolute atomic E-state index is 12.6. The minimum Gasteiger partial charge on any atom is -0.344 e. The Morgan fingerprint density at radius 1 is 1.32 bits per heavy atom. The fourth-order valence-corrected chi connectivity index (χ4v) is 2.59. The van der Waals surface area contributed by atoms with Crippen LogP contribution in [-0.2, 0) is 25.4 Å². The minimum atomic E-state index is -0.564. The highest BCUT2D eigenvalue weighted by Gasteiger charge is 2.23. The number of hydrogen-bond donors (Lipinski definition) is 1. The van der Waals surface area contributed by atoms with Crippen LogP contribution < -0.4 is 17.0 Å². The second-order valence-corrected chi connectivity index (χ2v) is 6.88. The van der Waals surface area contributed by atoms with Gasteiger partial charge < -0.3 is 15.2 Å². The SMILES string of the molecule is CN(CC(C)(C)CN)C(=O)Cn1c(=O)c2c(ncn2C)n(C)c1=O.Cl. The number of fused-ring (bicyclic) bond motifs is 1. The van der Waals surface area contributed by atoms with Crippen molar-refractivity contribution in [1.29, 1.82) is 0 Å². The number of hydrogen-bond acceptors (Lipinski definition) is 5. The van der Waals surface area contributed by atoms with Crippen molar-refractivity contribution in [3.8, 4) is 0 Å². The molecule has 25 heavy (non-hydrogen) atoms. The van der Waals surface area contributed by atoms with E-state index < -0.39 is 11.2 Å². The van der Waals surface area contributed by atoms with Crippen LogP contribution in [0.2, 0.25) is 0 Å². The predicted octanol–water partition coefficient (Wildman–Crippen LogP) is -0.701. The van der Waals surface area contributed by atoms with E-state index in [1.807, 2.05) is 13.8 Å². The molecule has 0 aliphatic carbocycles. The first-order valence-electron chi connectivity index (χ1n) is 7.64. The molecule has 9 nitrogen and oxygen atoms in total. The second-order valence-electron chi connectivity index (χ2n) is 6.88.